The van der Waals surface area contributed by atoms with Gasteiger partial charge in [-0.25, -0.2) is 0 Å². The van der Waals surface area contributed by atoms with Gasteiger partial charge < -0.3 is 17.8 Å². The van der Waals surface area contributed by atoms with E-state index in [1.807, 2.05) is 0 Å². The third kappa shape index (κ3) is 4.00. The molecule has 0 bridgehead atoms. The van der Waals surface area contributed by atoms with E-state index in [4.69, 9.17) is 0 Å². The molecule has 1 spiro atoms. The van der Waals surface area contributed by atoms with Crippen LogP contribution in [0.5, 0.6) is 0 Å². The first-order valence-electron chi connectivity index (χ1n) is 5.43. The Kier molecular flexibility index (Phi) is 5.22. The number of piperidine rings is 1. The molecule has 0 radical (unpaired) electrons. The van der Waals surface area contributed by atoms with Crippen LogP contribution in [0.25, 0.3) is 0 Å². The Hall–Kier alpha value is 1.45. The van der Waals surface area contributed by atoms with Crippen LogP contribution in [0.2, 0.25) is 0 Å². The van der Waals surface area contributed by atoms with Crippen LogP contribution < -0.4 is 51.4 Å². The molecule has 2 aliphatic rings. The fourth-order valence-electron chi connectivity index (χ4n) is 2.68. The van der Waals surface area contributed by atoms with Gasteiger partial charge in [-0.2, -0.15) is 0 Å². The minimum atomic E-state index is -4.62. The van der Waals surface area contributed by atoms with Crippen molar-refractivity contribution in [2.45, 2.75) is 32.1 Å². The van der Waals surface area contributed by atoms with Gasteiger partial charge in [-0.15, -0.1) is 0 Å². The second kappa shape index (κ2) is 5.40. The molecule has 0 amide bonds. The Morgan fingerprint density at radius 1 is 1.00 bits per heavy atom. The first-order chi connectivity index (χ1) is 6.49. The van der Waals surface area contributed by atoms with Gasteiger partial charge in [0.15, 0.2) is 0 Å². The molecule has 15 heavy (non-hydrogen) atoms. The van der Waals surface area contributed by atoms with Crippen molar-refractivity contribution in [1.29, 1.82) is 0 Å². The van der Waals surface area contributed by atoms with E-state index in [1.165, 1.54) is 19.3 Å². The van der Waals surface area contributed by atoms with Crippen LogP contribution >= 0.6 is 0 Å². The summed E-state index contributed by atoms with van der Waals surface area (Å²) in [6, 6.07) is 0. The molecule has 0 atom stereocenters. The number of hydrogen-bond acceptors (Lipinski definition) is 1. The first kappa shape index (κ1) is 14.5. The van der Waals surface area contributed by atoms with Crippen molar-refractivity contribution in [3.05, 3.63) is 0 Å². The van der Waals surface area contributed by atoms with E-state index < -0.39 is 13.4 Å². The van der Waals surface area contributed by atoms with E-state index in [9.17, 15) is 12.9 Å². The molecule has 0 N–H and O–H groups in total. The van der Waals surface area contributed by atoms with Gasteiger partial charge in [-0.3, -0.25) is 0 Å². The van der Waals surface area contributed by atoms with E-state index >= 15 is 0 Å². The summed E-state index contributed by atoms with van der Waals surface area (Å²) in [6.07, 6.45) is 5.09. The molecule has 1 nitrogen and oxygen atoms in total. The molecular formula is C9H16BF3KN. The second-order valence-electron chi connectivity index (χ2n) is 4.86. The molecule has 1 aliphatic heterocycles. The molecule has 82 valence electrons. The number of hydrogen-bond donors (Lipinski definition) is 0. The summed E-state index contributed by atoms with van der Waals surface area (Å²) in [5, 5.41) is 0. The summed E-state index contributed by atoms with van der Waals surface area (Å²) in [5.41, 5.74) is 0.453. The van der Waals surface area contributed by atoms with E-state index in [0.29, 0.717) is 18.5 Å². The maximum Gasteiger partial charge on any atom is 1.00 e. The van der Waals surface area contributed by atoms with Crippen LogP contribution in [0.1, 0.15) is 32.1 Å². The van der Waals surface area contributed by atoms with Crippen molar-refractivity contribution >= 4 is 6.98 Å². The molecule has 1 heterocycles. The van der Waals surface area contributed by atoms with E-state index in [0.717, 1.165) is 12.8 Å². The SMILES string of the molecule is F[B-](F)(F)CN1CCC2(CCC2)CC1.[K+]. The Bertz CT molecular complexity index is 208. The van der Waals surface area contributed by atoms with Crippen LogP contribution in [-0.4, -0.2) is 31.4 Å². The summed E-state index contributed by atoms with van der Waals surface area (Å²) in [6.45, 7) is -3.32. The maximum absolute atomic E-state index is 12.1. The summed E-state index contributed by atoms with van der Waals surface area (Å²) in [7, 11) is 0. The summed E-state index contributed by atoms with van der Waals surface area (Å²) in [5.74, 6) is 0. The van der Waals surface area contributed by atoms with Crippen LogP contribution in [0.4, 0.5) is 12.9 Å². The Labute approximate surface area is 132 Å². The quantitative estimate of drug-likeness (QED) is 0.601. The standard InChI is InChI=1S/C9H16BF3N.K/c11-10(12,13)8-14-6-4-9(5-7-14)2-1-3-9;/h1-8H2;/q-1;+1. The average molecular weight is 245 g/mol. The fraction of sp³-hybridized carbons (Fsp3) is 1.00. The fourth-order valence-corrected chi connectivity index (χ4v) is 2.68. The van der Waals surface area contributed by atoms with Crippen molar-refractivity contribution < 1.29 is 64.3 Å². The summed E-state index contributed by atoms with van der Waals surface area (Å²) < 4.78 is 36.4. The van der Waals surface area contributed by atoms with Gasteiger partial charge in [-0.05, 0) is 50.6 Å². The molecule has 0 unspecified atom stereocenters. The monoisotopic (exact) mass is 245 g/mol. The van der Waals surface area contributed by atoms with Crippen molar-refractivity contribution in [2.24, 2.45) is 5.41 Å². The molecule has 0 aromatic rings. The largest absolute Gasteiger partial charge is 1.00 e. The molecule has 6 heteroatoms. The predicted molar refractivity (Wildman–Crippen MR) is 51.0 cm³/mol. The van der Waals surface area contributed by atoms with E-state index in [1.54, 1.807) is 4.90 Å². The van der Waals surface area contributed by atoms with E-state index in [2.05, 4.69) is 0 Å². The zero-order valence-electron chi connectivity index (χ0n) is 9.32. The molecule has 0 aromatic heterocycles. The molecule has 1 aliphatic carbocycles. The second-order valence-corrected chi connectivity index (χ2v) is 4.86. The number of halogens is 3. The maximum atomic E-state index is 12.1. The minimum absolute atomic E-state index is 0. The number of rotatable bonds is 2. The first-order valence-corrected chi connectivity index (χ1v) is 5.43. The Balaban J connectivity index is 0.00000112. The third-order valence-corrected chi connectivity index (χ3v) is 3.80. The average Bonchev–Trinajstić information content (AvgIpc) is 2.00. The summed E-state index contributed by atoms with van der Waals surface area (Å²) >= 11 is 0. The Morgan fingerprint density at radius 2 is 1.53 bits per heavy atom. The van der Waals surface area contributed by atoms with Crippen LogP contribution in [-0.2, 0) is 0 Å². The van der Waals surface area contributed by atoms with Gasteiger partial charge in [0.05, 0.1) is 0 Å². The van der Waals surface area contributed by atoms with Gasteiger partial charge in [-0.1, -0.05) is 6.42 Å². The van der Waals surface area contributed by atoms with Crippen molar-refractivity contribution in [3.8, 4) is 0 Å². The van der Waals surface area contributed by atoms with Gasteiger partial charge in [0.2, 0.25) is 0 Å². The van der Waals surface area contributed by atoms with Crippen molar-refractivity contribution in [1.82, 2.24) is 4.90 Å². The van der Waals surface area contributed by atoms with Crippen molar-refractivity contribution in [3.63, 3.8) is 0 Å². The molecule has 2 rings (SSSR count). The Morgan fingerprint density at radius 3 is 1.87 bits per heavy atom. The van der Waals surface area contributed by atoms with E-state index in [-0.39, 0.29) is 51.4 Å². The normalized spacial score (nSPS) is 25.8. The molecule has 1 saturated carbocycles. The smallest absolute Gasteiger partial charge is 0.448 e. The topological polar surface area (TPSA) is 3.24 Å². The predicted octanol–water partition coefficient (Wildman–Crippen LogP) is -0.357. The van der Waals surface area contributed by atoms with Crippen LogP contribution in [0.3, 0.4) is 0 Å². The zero-order chi connectivity index (χ0) is 10.2. The summed E-state index contributed by atoms with van der Waals surface area (Å²) in [4.78, 5) is 1.57. The molecular weight excluding hydrogens is 229 g/mol. The van der Waals surface area contributed by atoms with Crippen LogP contribution in [0.15, 0.2) is 0 Å². The van der Waals surface area contributed by atoms with Gasteiger partial charge in [0.1, 0.15) is 0 Å². The van der Waals surface area contributed by atoms with Crippen LogP contribution in [0, 0.1) is 5.41 Å². The number of likely N-dealkylation sites (tertiary alicyclic amines) is 1. The molecule has 0 aromatic carbocycles. The number of nitrogens with zero attached hydrogens (tertiary/aromatic N) is 1. The van der Waals surface area contributed by atoms with Crippen molar-refractivity contribution in [2.75, 3.05) is 19.5 Å². The third-order valence-electron chi connectivity index (χ3n) is 3.80. The van der Waals surface area contributed by atoms with Gasteiger partial charge >= 0.3 is 58.4 Å². The molecule has 1 saturated heterocycles. The van der Waals surface area contributed by atoms with Gasteiger partial charge in [0, 0.05) is 0 Å². The zero-order valence-corrected chi connectivity index (χ0v) is 12.4. The minimum Gasteiger partial charge on any atom is -0.448 e. The molecule has 2 fully saturated rings. The van der Waals surface area contributed by atoms with Gasteiger partial charge in [0.25, 0.3) is 0 Å².